The van der Waals surface area contributed by atoms with E-state index in [0.717, 1.165) is 99.9 Å². The molecule has 0 unspecified atom stereocenters. The minimum atomic E-state index is 0.850. The first kappa shape index (κ1) is 38.2. The van der Waals surface area contributed by atoms with Crippen LogP contribution < -0.4 is 9.80 Å². The molecule has 68 heavy (non-hydrogen) atoms. The molecular weight excluding hydrogens is 829 g/mol. The molecule has 0 radical (unpaired) electrons. The van der Waals surface area contributed by atoms with Crippen molar-refractivity contribution < 1.29 is 8.83 Å². The van der Waals surface area contributed by atoms with Gasteiger partial charge in [0.2, 0.25) is 0 Å². The summed E-state index contributed by atoms with van der Waals surface area (Å²) in [5.74, 6) is 0. The predicted octanol–water partition coefficient (Wildman–Crippen LogP) is 18.7. The summed E-state index contributed by atoms with van der Waals surface area (Å²) in [6.45, 7) is 0. The van der Waals surface area contributed by atoms with E-state index in [9.17, 15) is 0 Å². The van der Waals surface area contributed by atoms with Crippen LogP contribution in [0.1, 0.15) is 0 Å². The Morgan fingerprint density at radius 2 is 0.603 bits per heavy atom. The van der Waals surface area contributed by atoms with E-state index >= 15 is 0 Å². The van der Waals surface area contributed by atoms with Crippen molar-refractivity contribution in [3.8, 4) is 22.3 Å². The van der Waals surface area contributed by atoms with Crippen molar-refractivity contribution in [1.82, 2.24) is 0 Å². The number of fused-ring (bicyclic) bond motifs is 6. The van der Waals surface area contributed by atoms with Gasteiger partial charge in [-0.1, -0.05) is 182 Å². The molecule has 4 heteroatoms. The molecule has 0 saturated carbocycles. The fourth-order valence-electron chi connectivity index (χ4n) is 10.7. The summed E-state index contributed by atoms with van der Waals surface area (Å²) in [6, 6.07) is 86.9. The summed E-state index contributed by atoms with van der Waals surface area (Å²) in [5, 5.41) is 11.5. The normalized spacial score (nSPS) is 11.8. The summed E-state index contributed by atoms with van der Waals surface area (Å²) < 4.78 is 13.6. The lowest BCUT2D eigenvalue weighted by molar-refractivity contribution is 0.669. The molecule has 14 aromatic rings. The van der Waals surface area contributed by atoms with Crippen molar-refractivity contribution in [3.63, 3.8) is 0 Å². The highest BCUT2D eigenvalue weighted by molar-refractivity contribution is 6.28. The van der Waals surface area contributed by atoms with Crippen molar-refractivity contribution in [2.24, 2.45) is 0 Å². The van der Waals surface area contributed by atoms with Crippen LogP contribution in [0, 0.1) is 0 Å². The van der Waals surface area contributed by atoms with E-state index < -0.39 is 0 Å². The second kappa shape index (κ2) is 15.2. The number of para-hydroxylation sites is 4. The molecule has 0 aliphatic carbocycles. The first-order valence-electron chi connectivity index (χ1n) is 23.2. The molecule has 0 amide bonds. The second-order valence-corrected chi connectivity index (χ2v) is 17.6. The molecule has 0 atom stereocenters. The van der Waals surface area contributed by atoms with Gasteiger partial charge in [-0.3, -0.25) is 0 Å². The third kappa shape index (κ3) is 5.94. The van der Waals surface area contributed by atoms with E-state index in [2.05, 4.69) is 240 Å². The van der Waals surface area contributed by atoms with Crippen molar-refractivity contribution in [1.29, 1.82) is 0 Å². The lowest BCUT2D eigenvalue weighted by atomic mass is 9.91. The highest BCUT2D eigenvalue weighted by Crippen LogP contribution is 2.50. The summed E-state index contributed by atoms with van der Waals surface area (Å²) in [7, 11) is 0. The van der Waals surface area contributed by atoms with Crippen molar-refractivity contribution in [3.05, 3.63) is 243 Å². The zero-order chi connectivity index (χ0) is 44.7. The van der Waals surface area contributed by atoms with Gasteiger partial charge in [0.1, 0.15) is 11.2 Å². The zero-order valence-corrected chi connectivity index (χ0v) is 36.8. The van der Waals surface area contributed by atoms with Crippen molar-refractivity contribution >= 4 is 110 Å². The van der Waals surface area contributed by atoms with Crippen LogP contribution in [-0.4, -0.2) is 0 Å². The van der Waals surface area contributed by atoms with Gasteiger partial charge in [-0.05, 0) is 104 Å². The maximum absolute atomic E-state index is 6.78. The topological polar surface area (TPSA) is 32.8 Å². The van der Waals surface area contributed by atoms with Gasteiger partial charge < -0.3 is 18.6 Å². The monoisotopic (exact) mass is 868 g/mol. The number of hydrogen-bond acceptors (Lipinski definition) is 4. The Labute approximate surface area is 392 Å². The van der Waals surface area contributed by atoms with Crippen molar-refractivity contribution in [2.75, 3.05) is 9.80 Å². The Morgan fingerprint density at radius 3 is 1.04 bits per heavy atom. The highest BCUT2D eigenvalue weighted by Gasteiger charge is 2.26. The van der Waals surface area contributed by atoms with Gasteiger partial charge in [-0.25, -0.2) is 0 Å². The second-order valence-electron chi connectivity index (χ2n) is 17.6. The number of benzene rings is 12. The summed E-state index contributed by atoms with van der Waals surface area (Å²) >= 11 is 0. The number of hydrogen-bond donors (Lipinski definition) is 0. The SMILES string of the molecule is c1ccc(-c2ccc(N(c3ccc4ccc5c(N(c6ccc(-c7ccccc7)cc6)c6cccc7c6oc6ccccc67)ccc6ccc3c4c65)c3cccc4c3oc3ccccc34)cc2)cc1. The van der Waals surface area contributed by atoms with E-state index in [4.69, 9.17) is 8.83 Å². The molecular formula is C64H40N2O2. The summed E-state index contributed by atoms with van der Waals surface area (Å²) in [6.07, 6.45) is 0. The number of anilines is 6. The number of furan rings is 2. The molecule has 2 aromatic heterocycles. The minimum absolute atomic E-state index is 0.850. The van der Waals surface area contributed by atoms with Gasteiger partial charge in [0, 0.05) is 43.7 Å². The zero-order valence-electron chi connectivity index (χ0n) is 36.8. The first-order chi connectivity index (χ1) is 33.7. The van der Waals surface area contributed by atoms with E-state index in [1.807, 2.05) is 12.1 Å². The molecule has 0 saturated heterocycles. The first-order valence-corrected chi connectivity index (χ1v) is 23.2. The molecule has 0 N–H and O–H groups in total. The molecule has 12 aromatic carbocycles. The van der Waals surface area contributed by atoms with Crippen LogP contribution in [0.2, 0.25) is 0 Å². The quantitative estimate of drug-likeness (QED) is 0.142. The largest absolute Gasteiger partial charge is 0.454 e. The average molecular weight is 869 g/mol. The smallest absolute Gasteiger partial charge is 0.159 e. The van der Waals surface area contributed by atoms with Crippen LogP contribution in [0.4, 0.5) is 34.1 Å². The van der Waals surface area contributed by atoms with Crippen LogP contribution in [0.3, 0.4) is 0 Å². The van der Waals surface area contributed by atoms with Gasteiger partial charge in [-0.2, -0.15) is 0 Å². The van der Waals surface area contributed by atoms with Crippen LogP contribution in [0.15, 0.2) is 251 Å². The molecule has 0 fully saturated rings. The summed E-state index contributed by atoms with van der Waals surface area (Å²) in [5.41, 5.74) is 14.3. The number of rotatable bonds is 8. The number of nitrogens with zero attached hydrogens (tertiary/aromatic N) is 2. The predicted molar refractivity (Wildman–Crippen MR) is 285 cm³/mol. The van der Waals surface area contributed by atoms with Gasteiger partial charge in [0.05, 0.1) is 22.7 Å². The lowest BCUT2D eigenvalue weighted by Crippen LogP contribution is -2.12. The Balaban J connectivity index is 1.01. The molecule has 14 rings (SSSR count). The standard InChI is InChI=1S/C64H40N2O2/c1-3-13-41(14-4-1)43-25-33-47(34-26-43)65(57-21-11-19-51-49-17-7-9-23-59(49)67-63(51)57)55-39-31-45-30-38-54-56(40-32-46-29-37-53(55)61(45)62(46)54)66(48-35-27-44(28-36-48)42-15-5-2-6-16-42)58-22-12-20-52-50-18-8-10-24-60(50)68-64(52)58/h1-40H. The fourth-order valence-corrected chi connectivity index (χ4v) is 10.7. The Morgan fingerprint density at radius 1 is 0.235 bits per heavy atom. The van der Waals surface area contributed by atoms with Crippen LogP contribution in [0.25, 0.3) is 98.4 Å². The molecule has 318 valence electrons. The van der Waals surface area contributed by atoms with Gasteiger partial charge in [0.25, 0.3) is 0 Å². The van der Waals surface area contributed by atoms with Gasteiger partial charge in [-0.15, -0.1) is 0 Å². The lowest BCUT2D eigenvalue weighted by Gasteiger charge is -2.29. The van der Waals surface area contributed by atoms with Crippen molar-refractivity contribution in [2.45, 2.75) is 0 Å². The van der Waals surface area contributed by atoms with E-state index in [1.165, 1.54) is 32.7 Å². The fraction of sp³-hybridized carbons (Fsp3) is 0. The van der Waals surface area contributed by atoms with Crippen LogP contribution in [0.5, 0.6) is 0 Å². The molecule has 0 aliphatic heterocycles. The van der Waals surface area contributed by atoms with Crippen LogP contribution in [-0.2, 0) is 0 Å². The third-order valence-electron chi connectivity index (χ3n) is 13.8. The van der Waals surface area contributed by atoms with E-state index in [0.29, 0.717) is 0 Å². The molecule has 0 spiro atoms. The van der Waals surface area contributed by atoms with E-state index in [1.54, 1.807) is 0 Å². The van der Waals surface area contributed by atoms with Gasteiger partial charge in [0.15, 0.2) is 11.2 Å². The Hall–Kier alpha value is -9.12. The third-order valence-corrected chi connectivity index (χ3v) is 13.8. The molecule has 0 aliphatic rings. The average Bonchev–Trinajstić information content (AvgIpc) is 3.99. The van der Waals surface area contributed by atoms with Gasteiger partial charge >= 0.3 is 0 Å². The molecule has 2 heterocycles. The maximum Gasteiger partial charge on any atom is 0.159 e. The molecule has 0 bridgehead atoms. The summed E-state index contributed by atoms with van der Waals surface area (Å²) in [4.78, 5) is 4.77. The minimum Gasteiger partial charge on any atom is -0.454 e. The highest BCUT2D eigenvalue weighted by atomic mass is 16.3. The van der Waals surface area contributed by atoms with Crippen LogP contribution >= 0.6 is 0 Å². The maximum atomic E-state index is 6.78. The Bertz CT molecular complexity index is 3920. The molecule has 4 nitrogen and oxygen atoms in total. The Kier molecular flexibility index (Phi) is 8.55. The van der Waals surface area contributed by atoms with E-state index in [-0.39, 0.29) is 0 Å².